The molecule has 0 aliphatic heterocycles. The Morgan fingerprint density at radius 3 is 2.70 bits per heavy atom. The summed E-state index contributed by atoms with van der Waals surface area (Å²) in [6.45, 7) is 0. The summed E-state index contributed by atoms with van der Waals surface area (Å²) < 4.78 is 14.2. The maximum Gasteiger partial charge on any atom is 0.123 e. The smallest absolute Gasteiger partial charge is 0.123 e. The highest BCUT2D eigenvalue weighted by molar-refractivity contribution is 9.10. The van der Waals surface area contributed by atoms with Crippen molar-refractivity contribution in [1.29, 1.82) is 0 Å². The van der Waals surface area contributed by atoms with E-state index in [1.54, 1.807) is 12.1 Å². The summed E-state index contributed by atoms with van der Waals surface area (Å²) in [5.74, 6) is 0.872. The number of hydrogen-bond acceptors (Lipinski definition) is 1. The fourth-order valence-corrected chi connectivity index (χ4v) is 3.28. The molecule has 0 spiro atoms. The molecule has 20 heavy (non-hydrogen) atoms. The minimum absolute atomic E-state index is 0.0818. The second-order valence-electron chi connectivity index (χ2n) is 5.52. The molecule has 3 atom stereocenters. The Labute approximate surface area is 127 Å². The van der Waals surface area contributed by atoms with Gasteiger partial charge in [0.05, 0.1) is 0 Å². The molecule has 2 aromatic carbocycles. The van der Waals surface area contributed by atoms with Crippen LogP contribution < -0.4 is 5.73 Å². The van der Waals surface area contributed by atoms with E-state index in [2.05, 4.69) is 40.2 Å². The number of halogens is 2. The first-order valence-electron chi connectivity index (χ1n) is 6.89. The van der Waals surface area contributed by atoms with Gasteiger partial charge < -0.3 is 5.73 Å². The average Bonchev–Trinajstić information content (AvgIpc) is 3.24. The van der Waals surface area contributed by atoms with Crippen LogP contribution in [-0.4, -0.2) is 6.04 Å². The Morgan fingerprint density at radius 2 is 1.95 bits per heavy atom. The van der Waals surface area contributed by atoms with E-state index in [1.807, 2.05) is 6.07 Å². The summed E-state index contributed by atoms with van der Waals surface area (Å²) in [6, 6.07) is 15.4. The van der Waals surface area contributed by atoms with Crippen molar-refractivity contribution in [2.75, 3.05) is 0 Å². The molecule has 1 aliphatic rings. The van der Waals surface area contributed by atoms with Crippen LogP contribution in [0, 0.1) is 11.7 Å². The topological polar surface area (TPSA) is 26.0 Å². The first-order valence-corrected chi connectivity index (χ1v) is 7.69. The lowest BCUT2D eigenvalue weighted by Gasteiger charge is -2.13. The van der Waals surface area contributed by atoms with E-state index >= 15 is 0 Å². The standard InChI is InChI=1S/C17H17BrFN/c18-16-7-6-13(19)8-12(16)9-17(20)15-10-14(15)11-4-2-1-3-5-11/h1-8,14-15,17H,9-10,20H2. The van der Waals surface area contributed by atoms with Crippen molar-refractivity contribution >= 4 is 15.9 Å². The Kier molecular flexibility index (Phi) is 3.90. The SMILES string of the molecule is NC(Cc1cc(F)ccc1Br)C1CC1c1ccccc1. The predicted octanol–water partition coefficient (Wildman–Crippen LogP) is 4.26. The molecule has 2 N–H and O–H groups in total. The number of hydrogen-bond donors (Lipinski definition) is 1. The third-order valence-corrected chi connectivity index (χ3v) is 4.85. The van der Waals surface area contributed by atoms with Crippen LogP contribution in [0.2, 0.25) is 0 Å². The van der Waals surface area contributed by atoms with Gasteiger partial charge in [0.15, 0.2) is 0 Å². The monoisotopic (exact) mass is 333 g/mol. The first-order chi connectivity index (χ1) is 9.65. The van der Waals surface area contributed by atoms with E-state index in [4.69, 9.17) is 5.73 Å². The van der Waals surface area contributed by atoms with E-state index in [0.29, 0.717) is 18.3 Å². The Morgan fingerprint density at radius 1 is 1.20 bits per heavy atom. The highest BCUT2D eigenvalue weighted by atomic mass is 79.9. The van der Waals surface area contributed by atoms with Crippen LogP contribution in [0.25, 0.3) is 0 Å². The highest BCUT2D eigenvalue weighted by Crippen LogP contribution is 2.49. The molecule has 104 valence electrons. The fourth-order valence-electron chi connectivity index (χ4n) is 2.88. The van der Waals surface area contributed by atoms with Gasteiger partial charge in [0.25, 0.3) is 0 Å². The van der Waals surface area contributed by atoms with Crippen molar-refractivity contribution in [2.45, 2.75) is 24.8 Å². The fraction of sp³-hybridized carbons (Fsp3) is 0.294. The third kappa shape index (κ3) is 2.94. The number of benzene rings is 2. The molecule has 3 unspecified atom stereocenters. The van der Waals surface area contributed by atoms with E-state index in [9.17, 15) is 4.39 Å². The van der Waals surface area contributed by atoms with Crippen molar-refractivity contribution in [3.63, 3.8) is 0 Å². The van der Waals surface area contributed by atoms with Crippen LogP contribution in [0.1, 0.15) is 23.5 Å². The lowest BCUT2D eigenvalue weighted by Crippen LogP contribution is -2.26. The van der Waals surface area contributed by atoms with Crippen molar-refractivity contribution in [2.24, 2.45) is 11.7 Å². The van der Waals surface area contributed by atoms with Crippen LogP contribution in [-0.2, 0) is 6.42 Å². The van der Waals surface area contributed by atoms with Crippen LogP contribution in [0.15, 0.2) is 53.0 Å². The molecule has 3 rings (SSSR count). The van der Waals surface area contributed by atoms with E-state index < -0.39 is 0 Å². The molecule has 0 bridgehead atoms. The van der Waals surface area contributed by atoms with E-state index in [1.165, 1.54) is 11.6 Å². The molecule has 1 nitrogen and oxygen atoms in total. The van der Waals surface area contributed by atoms with Crippen LogP contribution in [0.3, 0.4) is 0 Å². The van der Waals surface area contributed by atoms with Gasteiger partial charge in [-0.15, -0.1) is 0 Å². The summed E-state index contributed by atoms with van der Waals surface area (Å²) in [5, 5.41) is 0. The molecule has 0 heterocycles. The van der Waals surface area contributed by atoms with Gasteiger partial charge in [-0.05, 0) is 54.0 Å². The van der Waals surface area contributed by atoms with Gasteiger partial charge in [0.2, 0.25) is 0 Å². The number of nitrogens with two attached hydrogens (primary N) is 1. The molecule has 0 saturated heterocycles. The summed E-state index contributed by atoms with van der Waals surface area (Å²) in [4.78, 5) is 0. The maximum atomic E-state index is 13.3. The van der Waals surface area contributed by atoms with Gasteiger partial charge in [-0.2, -0.15) is 0 Å². The van der Waals surface area contributed by atoms with Crippen LogP contribution in [0.4, 0.5) is 4.39 Å². The molecule has 1 fully saturated rings. The van der Waals surface area contributed by atoms with Crippen LogP contribution in [0.5, 0.6) is 0 Å². The van der Waals surface area contributed by atoms with Crippen molar-refractivity contribution in [1.82, 2.24) is 0 Å². The minimum atomic E-state index is -0.203. The summed E-state index contributed by atoms with van der Waals surface area (Å²) in [5.41, 5.74) is 8.64. The van der Waals surface area contributed by atoms with Gasteiger partial charge >= 0.3 is 0 Å². The average molecular weight is 334 g/mol. The zero-order valence-electron chi connectivity index (χ0n) is 11.1. The molecule has 1 saturated carbocycles. The molecule has 0 amide bonds. The van der Waals surface area contributed by atoms with Gasteiger partial charge in [0, 0.05) is 10.5 Å². The second kappa shape index (κ2) is 5.66. The van der Waals surface area contributed by atoms with Crippen molar-refractivity contribution < 1.29 is 4.39 Å². The molecule has 3 heteroatoms. The van der Waals surface area contributed by atoms with Gasteiger partial charge in [-0.1, -0.05) is 46.3 Å². The quantitative estimate of drug-likeness (QED) is 0.888. The van der Waals surface area contributed by atoms with Gasteiger partial charge in [-0.25, -0.2) is 4.39 Å². The molecular formula is C17H17BrFN. The van der Waals surface area contributed by atoms with Crippen LogP contribution >= 0.6 is 15.9 Å². The van der Waals surface area contributed by atoms with Gasteiger partial charge in [-0.3, -0.25) is 0 Å². The summed E-state index contributed by atoms with van der Waals surface area (Å²) in [7, 11) is 0. The largest absolute Gasteiger partial charge is 0.327 e. The lowest BCUT2D eigenvalue weighted by molar-refractivity contribution is 0.571. The van der Waals surface area contributed by atoms with E-state index in [-0.39, 0.29) is 11.9 Å². The van der Waals surface area contributed by atoms with E-state index in [0.717, 1.165) is 16.5 Å². The second-order valence-corrected chi connectivity index (χ2v) is 6.37. The van der Waals surface area contributed by atoms with Gasteiger partial charge in [0.1, 0.15) is 5.82 Å². The molecule has 0 radical (unpaired) electrons. The molecule has 2 aromatic rings. The Bertz CT molecular complexity index is 599. The molecular weight excluding hydrogens is 317 g/mol. The normalized spacial score (nSPS) is 22.6. The Hall–Kier alpha value is -1.19. The first kappa shape index (κ1) is 13.8. The summed E-state index contributed by atoms with van der Waals surface area (Å²) >= 11 is 3.47. The highest BCUT2D eigenvalue weighted by Gasteiger charge is 2.42. The zero-order chi connectivity index (χ0) is 14.1. The molecule has 1 aliphatic carbocycles. The molecule has 0 aromatic heterocycles. The predicted molar refractivity (Wildman–Crippen MR) is 83.1 cm³/mol. The summed E-state index contributed by atoms with van der Waals surface area (Å²) in [6.07, 6.45) is 1.85. The van der Waals surface area contributed by atoms with Crippen molar-refractivity contribution in [3.8, 4) is 0 Å². The minimum Gasteiger partial charge on any atom is -0.327 e. The van der Waals surface area contributed by atoms with Crippen molar-refractivity contribution in [3.05, 3.63) is 69.9 Å². The lowest BCUT2D eigenvalue weighted by atomic mass is 9.99. The maximum absolute atomic E-state index is 13.3. The number of rotatable bonds is 4. The zero-order valence-corrected chi connectivity index (χ0v) is 12.7. The third-order valence-electron chi connectivity index (χ3n) is 4.08. The Balaban J connectivity index is 1.67.